The summed E-state index contributed by atoms with van der Waals surface area (Å²) < 4.78 is 5.03. The van der Waals surface area contributed by atoms with E-state index in [1.165, 1.54) is 5.56 Å². The van der Waals surface area contributed by atoms with Crippen LogP contribution in [-0.4, -0.2) is 32.1 Å². The summed E-state index contributed by atoms with van der Waals surface area (Å²) in [5.41, 5.74) is 2.42. The maximum absolute atomic E-state index is 11.4. The average Bonchev–Trinajstić information content (AvgIpc) is 2.70. The Morgan fingerprint density at radius 1 is 0.897 bits per heavy atom. The van der Waals surface area contributed by atoms with Crippen molar-refractivity contribution in [3.05, 3.63) is 101 Å². The van der Waals surface area contributed by atoms with Crippen LogP contribution < -0.4 is 4.74 Å². The van der Waals surface area contributed by atoms with Gasteiger partial charge >= 0.3 is 22.4 Å². The number of para-hydroxylation sites is 2. The van der Waals surface area contributed by atoms with E-state index in [-0.39, 0.29) is 22.4 Å². The Kier molecular flexibility index (Phi) is 11.5. The second-order valence-electron chi connectivity index (χ2n) is 6.17. The van der Waals surface area contributed by atoms with Crippen molar-refractivity contribution in [3.8, 4) is 5.75 Å². The number of rotatable bonds is 5. The molecule has 0 atom stereocenters. The molecule has 5 nitrogen and oxygen atoms in total. The Morgan fingerprint density at radius 3 is 1.79 bits per heavy atom. The molecule has 29 heavy (non-hydrogen) atoms. The van der Waals surface area contributed by atoms with Crippen LogP contribution in [0.25, 0.3) is 10.6 Å². The summed E-state index contributed by atoms with van der Waals surface area (Å²) in [5, 5.41) is 7.70. The van der Waals surface area contributed by atoms with E-state index < -0.39 is 6.03 Å². The first kappa shape index (κ1) is 24.5. The molecule has 0 fully saturated rings. The van der Waals surface area contributed by atoms with E-state index >= 15 is 0 Å². The first-order valence-electron chi connectivity index (χ1n) is 8.83. The molecule has 0 heterocycles. The molecule has 3 rings (SSSR count). The van der Waals surface area contributed by atoms with Gasteiger partial charge in [-0.1, -0.05) is 60.7 Å². The van der Waals surface area contributed by atoms with Gasteiger partial charge in [-0.05, 0) is 20.1 Å². The van der Waals surface area contributed by atoms with Crippen LogP contribution in [0.2, 0.25) is 0 Å². The van der Waals surface area contributed by atoms with Crippen molar-refractivity contribution in [1.82, 2.24) is 4.90 Å². The van der Waals surface area contributed by atoms with E-state index in [1.807, 2.05) is 68.7 Å². The van der Waals surface area contributed by atoms with Crippen LogP contribution in [0.4, 0.5) is 16.2 Å². The molecule has 0 unspecified atom stereocenters. The zero-order chi connectivity index (χ0) is 20.2. The third kappa shape index (κ3) is 9.96. The molecule has 0 aliphatic heterocycles. The van der Waals surface area contributed by atoms with Crippen molar-refractivity contribution in [2.75, 3.05) is 21.2 Å². The van der Waals surface area contributed by atoms with Gasteiger partial charge in [0.05, 0.1) is 7.11 Å². The zero-order valence-corrected chi connectivity index (χ0v) is 18.8. The van der Waals surface area contributed by atoms with Crippen LogP contribution in [0.5, 0.6) is 5.75 Å². The first-order chi connectivity index (χ1) is 13.6. The number of ether oxygens (including phenoxy) is 1. The predicted molar refractivity (Wildman–Crippen MR) is 114 cm³/mol. The summed E-state index contributed by atoms with van der Waals surface area (Å²) in [6, 6.07) is 26.6. The topological polar surface area (TPSA) is 57.7 Å². The fraction of sp³-hybridized carbons (Fsp3) is 0.174. The van der Waals surface area contributed by atoms with Crippen molar-refractivity contribution < 1.29 is 31.9 Å². The van der Waals surface area contributed by atoms with Crippen molar-refractivity contribution in [3.63, 3.8) is 0 Å². The van der Waals surface area contributed by atoms with Gasteiger partial charge in [0, 0.05) is 12.3 Å². The molecule has 2 amide bonds. The van der Waals surface area contributed by atoms with Crippen LogP contribution in [-0.2, 0) is 28.9 Å². The molecule has 3 aromatic rings. The van der Waals surface area contributed by atoms with Crippen LogP contribution in [0.3, 0.4) is 0 Å². The molecule has 0 bridgehead atoms. The van der Waals surface area contributed by atoms with Crippen molar-refractivity contribution >= 4 is 17.4 Å². The number of amides is 2. The molecule has 3 aromatic carbocycles. The van der Waals surface area contributed by atoms with Gasteiger partial charge in [-0.2, -0.15) is 12.1 Å². The average molecular weight is 571 g/mol. The summed E-state index contributed by atoms with van der Waals surface area (Å²) in [6.45, 7) is 0.921. The quantitative estimate of drug-likeness (QED) is 0.276. The van der Waals surface area contributed by atoms with E-state index in [9.17, 15) is 4.79 Å². The molecular formula is C23H24AuN3O2. The van der Waals surface area contributed by atoms with Gasteiger partial charge in [-0.25, -0.2) is 0 Å². The fourth-order valence-electron chi connectivity index (χ4n) is 2.26. The van der Waals surface area contributed by atoms with E-state index in [2.05, 4.69) is 21.6 Å². The fourth-order valence-corrected chi connectivity index (χ4v) is 2.26. The Bertz CT molecular complexity index is 782. The molecule has 0 saturated carbocycles. The smallest absolute Gasteiger partial charge is 0.643 e. The third-order valence-corrected chi connectivity index (χ3v) is 3.53. The number of urea groups is 1. The molecule has 0 aliphatic carbocycles. The van der Waals surface area contributed by atoms with Crippen LogP contribution in [0.1, 0.15) is 5.56 Å². The molecule has 0 radical (unpaired) electrons. The van der Waals surface area contributed by atoms with Crippen molar-refractivity contribution in [2.45, 2.75) is 6.54 Å². The maximum Gasteiger partial charge on any atom is 3.00 e. The third-order valence-electron chi connectivity index (χ3n) is 3.53. The molecule has 0 aromatic heterocycles. The van der Waals surface area contributed by atoms with E-state index in [0.717, 1.165) is 12.3 Å². The van der Waals surface area contributed by atoms with Crippen LogP contribution in [0, 0.1) is 6.07 Å². The van der Waals surface area contributed by atoms with Gasteiger partial charge in [0.25, 0.3) is 0 Å². The minimum Gasteiger partial charge on any atom is -0.643 e. The van der Waals surface area contributed by atoms with Gasteiger partial charge in [-0.15, -0.1) is 29.1 Å². The molecule has 0 saturated heterocycles. The molecule has 154 valence electrons. The molecular weight excluding hydrogens is 547 g/mol. The van der Waals surface area contributed by atoms with Crippen LogP contribution in [0.15, 0.2) is 78.9 Å². The number of carbonyl (C=O) groups excluding carboxylic acids is 1. The van der Waals surface area contributed by atoms with Gasteiger partial charge < -0.3 is 25.1 Å². The molecule has 0 spiro atoms. The number of methoxy groups -OCH3 is 1. The summed E-state index contributed by atoms with van der Waals surface area (Å²) >= 11 is 0. The Labute approximate surface area is 188 Å². The minimum absolute atomic E-state index is 0. The van der Waals surface area contributed by atoms with E-state index in [4.69, 9.17) is 4.74 Å². The number of nitrogens with zero attached hydrogens (tertiary/aromatic N) is 3. The van der Waals surface area contributed by atoms with Crippen molar-refractivity contribution in [2.24, 2.45) is 0 Å². The van der Waals surface area contributed by atoms with Gasteiger partial charge in [0.2, 0.25) is 0 Å². The Hall–Kier alpha value is -2.57. The van der Waals surface area contributed by atoms with Crippen LogP contribution >= 0.6 is 0 Å². The Morgan fingerprint density at radius 2 is 1.41 bits per heavy atom. The standard InChI is InChI=1S/C13H11N2O.C10H14NO.Au/c16-13(14-11-7-3-1-4-8-11)15-12-9-5-2-6-10-12;1-11(2)8-9-4-6-10(12-3)7-5-9;/h1-10H,(H-,14,15,16);4,6-7H,8H2,1-3H3;/q2*-1;+3/p-1. The van der Waals surface area contributed by atoms with Crippen molar-refractivity contribution in [1.29, 1.82) is 0 Å². The van der Waals surface area contributed by atoms with Gasteiger partial charge in [-0.3, -0.25) is 0 Å². The summed E-state index contributed by atoms with van der Waals surface area (Å²) in [5.74, 6) is 0.859. The monoisotopic (exact) mass is 571 g/mol. The normalized spacial score (nSPS) is 9.52. The summed E-state index contributed by atoms with van der Waals surface area (Å²) in [6.07, 6.45) is 0. The number of benzene rings is 3. The number of carbonyl (C=O) groups is 1. The zero-order valence-electron chi connectivity index (χ0n) is 16.7. The van der Waals surface area contributed by atoms with E-state index in [0.29, 0.717) is 11.4 Å². The largest absolute Gasteiger partial charge is 3.00 e. The SMILES string of the molecule is COc1c[c-]c(CN(C)C)cc1.O=C([N-]c1ccccc1)[N-]c1ccccc1.[Au+3]. The maximum atomic E-state index is 11.4. The minimum atomic E-state index is -0.489. The second kappa shape index (κ2) is 13.6. The summed E-state index contributed by atoms with van der Waals surface area (Å²) in [7, 11) is 5.74. The number of hydrogen-bond acceptors (Lipinski definition) is 3. The van der Waals surface area contributed by atoms with Gasteiger partial charge in [0.15, 0.2) is 0 Å². The summed E-state index contributed by atoms with van der Waals surface area (Å²) in [4.78, 5) is 13.6. The Balaban J connectivity index is 0.000000292. The number of hydrogen-bond donors (Lipinski definition) is 0. The molecule has 0 N–H and O–H groups in total. The predicted octanol–water partition coefficient (Wildman–Crippen LogP) is 6.07. The first-order valence-corrected chi connectivity index (χ1v) is 8.83. The second-order valence-corrected chi connectivity index (χ2v) is 6.17. The molecule has 6 heteroatoms. The molecule has 0 aliphatic rings. The van der Waals surface area contributed by atoms with E-state index in [1.54, 1.807) is 31.4 Å². The van der Waals surface area contributed by atoms with Gasteiger partial charge in [0.1, 0.15) is 0 Å².